The van der Waals surface area contributed by atoms with E-state index in [0.717, 1.165) is 22.4 Å². The maximum absolute atomic E-state index is 12.1. The van der Waals surface area contributed by atoms with Gasteiger partial charge in [-0.15, -0.1) is 0 Å². The molecule has 1 N–H and O–H groups in total. The van der Waals surface area contributed by atoms with Crippen LogP contribution in [-0.2, 0) is 24.3 Å². The average molecular weight is 350 g/mol. The third-order valence-corrected chi connectivity index (χ3v) is 4.07. The highest BCUT2D eigenvalue weighted by Crippen LogP contribution is 2.14. The van der Waals surface area contributed by atoms with Gasteiger partial charge in [0.1, 0.15) is 18.4 Å². The van der Waals surface area contributed by atoms with E-state index in [1.165, 1.54) is 6.33 Å². The first kappa shape index (κ1) is 17.7. The summed E-state index contributed by atoms with van der Waals surface area (Å²) in [7, 11) is 1.64. The van der Waals surface area contributed by atoms with E-state index in [9.17, 15) is 4.79 Å². The van der Waals surface area contributed by atoms with Crippen LogP contribution in [0.1, 0.15) is 23.1 Å². The van der Waals surface area contributed by atoms with Gasteiger partial charge in [-0.05, 0) is 35.2 Å². The van der Waals surface area contributed by atoms with Crippen LogP contribution < -0.4 is 10.1 Å². The summed E-state index contributed by atoms with van der Waals surface area (Å²) in [4.78, 5) is 16.1. The Morgan fingerprint density at radius 3 is 2.73 bits per heavy atom. The highest BCUT2D eigenvalue weighted by Gasteiger charge is 2.04. The van der Waals surface area contributed by atoms with Crippen LogP contribution in [0.5, 0.6) is 5.75 Å². The highest BCUT2D eigenvalue weighted by atomic mass is 16.5. The number of aromatic nitrogens is 3. The lowest BCUT2D eigenvalue weighted by Crippen LogP contribution is -2.23. The predicted molar refractivity (Wildman–Crippen MR) is 98.7 cm³/mol. The van der Waals surface area contributed by atoms with Gasteiger partial charge in [0.2, 0.25) is 5.91 Å². The SMILES string of the molecule is COc1cccc(CCC(=O)NCc2cccc(Cn3cncn3)c2)c1. The van der Waals surface area contributed by atoms with Crippen LogP contribution in [0.4, 0.5) is 0 Å². The fraction of sp³-hybridized carbons (Fsp3) is 0.250. The third-order valence-electron chi connectivity index (χ3n) is 4.07. The topological polar surface area (TPSA) is 69.0 Å². The van der Waals surface area contributed by atoms with E-state index < -0.39 is 0 Å². The first-order valence-electron chi connectivity index (χ1n) is 8.53. The maximum Gasteiger partial charge on any atom is 0.220 e. The van der Waals surface area contributed by atoms with E-state index in [-0.39, 0.29) is 5.91 Å². The standard InChI is InChI=1S/C20H22N4O2/c1-26-19-7-3-4-16(11-19)8-9-20(25)22-12-17-5-2-6-18(10-17)13-24-15-21-14-23-24/h2-7,10-11,14-15H,8-9,12-13H2,1H3,(H,22,25). The number of carbonyl (C=O) groups is 1. The van der Waals surface area contributed by atoms with Crippen molar-refractivity contribution in [2.24, 2.45) is 0 Å². The zero-order chi connectivity index (χ0) is 18.2. The minimum Gasteiger partial charge on any atom is -0.497 e. The summed E-state index contributed by atoms with van der Waals surface area (Å²) >= 11 is 0. The molecule has 0 saturated heterocycles. The summed E-state index contributed by atoms with van der Waals surface area (Å²) in [5.74, 6) is 0.849. The molecule has 0 aliphatic carbocycles. The molecule has 0 fully saturated rings. The quantitative estimate of drug-likeness (QED) is 0.678. The first-order valence-corrected chi connectivity index (χ1v) is 8.53. The summed E-state index contributed by atoms with van der Waals surface area (Å²) in [5, 5.41) is 7.09. The number of aryl methyl sites for hydroxylation is 1. The van der Waals surface area contributed by atoms with Gasteiger partial charge in [-0.25, -0.2) is 9.67 Å². The number of hydrogen-bond donors (Lipinski definition) is 1. The van der Waals surface area contributed by atoms with Crippen molar-refractivity contribution in [2.45, 2.75) is 25.9 Å². The van der Waals surface area contributed by atoms with E-state index in [1.54, 1.807) is 18.1 Å². The summed E-state index contributed by atoms with van der Waals surface area (Å²) < 4.78 is 6.97. The van der Waals surface area contributed by atoms with Crippen LogP contribution in [0.2, 0.25) is 0 Å². The molecule has 6 nitrogen and oxygen atoms in total. The maximum atomic E-state index is 12.1. The highest BCUT2D eigenvalue weighted by molar-refractivity contribution is 5.76. The molecule has 6 heteroatoms. The Morgan fingerprint density at radius 1 is 1.12 bits per heavy atom. The molecule has 1 aromatic heterocycles. The first-order chi connectivity index (χ1) is 12.7. The van der Waals surface area contributed by atoms with E-state index in [4.69, 9.17) is 4.74 Å². The molecule has 0 spiro atoms. The largest absolute Gasteiger partial charge is 0.497 e. The molecule has 0 bridgehead atoms. The minimum atomic E-state index is 0.0366. The fourth-order valence-electron chi connectivity index (χ4n) is 2.71. The molecule has 3 rings (SSSR count). The van der Waals surface area contributed by atoms with Gasteiger partial charge in [-0.2, -0.15) is 5.10 Å². The Morgan fingerprint density at radius 2 is 1.92 bits per heavy atom. The molecule has 1 heterocycles. The normalized spacial score (nSPS) is 10.5. The molecule has 0 atom stereocenters. The second-order valence-corrected chi connectivity index (χ2v) is 6.04. The number of nitrogens with one attached hydrogen (secondary N) is 1. The van der Waals surface area contributed by atoms with Crippen LogP contribution in [-0.4, -0.2) is 27.8 Å². The summed E-state index contributed by atoms with van der Waals surface area (Å²) in [6.07, 6.45) is 4.35. The Bertz CT molecular complexity index is 847. The van der Waals surface area contributed by atoms with Gasteiger partial charge in [0.15, 0.2) is 0 Å². The lowest BCUT2D eigenvalue weighted by atomic mass is 10.1. The van der Waals surface area contributed by atoms with Crippen molar-refractivity contribution in [1.82, 2.24) is 20.1 Å². The molecule has 0 aliphatic heterocycles. The lowest BCUT2D eigenvalue weighted by molar-refractivity contribution is -0.121. The molecular weight excluding hydrogens is 328 g/mol. The second kappa shape index (κ2) is 8.80. The number of nitrogens with zero attached hydrogens (tertiary/aromatic N) is 3. The van der Waals surface area contributed by atoms with E-state index in [2.05, 4.69) is 21.5 Å². The average Bonchev–Trinajstić information content (AvgIpc) is 3.18. The molecule has 0 aliphatic rings. The lowest BCUT2D eigenvalue weighted by Gasteiger charge is -2.08. The van der Waals surface area contributed by atoms with Gasteiger partial charge >= 0.3 is 0 Å². The Balaban J connectivity index is 1.48. The van der Waals surface area contributed by atoms with E-state index in [1.807, 2.05) is 42.5 Å². The van der Waals surface area contributed by atoms with Crippen LogP contribution >= 0.6 is 0 Å². The van der Waals surface area contributed by atoms with Crippen LogP contribution in [0.3, 0.4) is 0 Å². The molecule has 134 valence electrons. The number of amides is 1. The van der Waals surface area contributed by atoms with Crippen molar-refractivity contribution in [3.63, 3.8) is 0 Å². The second-order valence-electron chi connectivity index (χ2n) is 6.04. The number of benzene rings is 2. The number of methoxy groups -OCH3 is 1. The van der Waals surface area contributed by atoms with Gasteiger partial charge in [0.25, 0.3) is 0 Å². The molecular formula is C20H22N4O2. The zero-order valence-electron chi connectivity index (χ0n) is 14.8. The minimum absolute atomic E-state index is 0.0366. The van der Waals surface area contributed by atoms with E-state index in [0.29, 0.717) is 25.9 Å². The Labute approximate surface area is 152 Å². The zero-order valence-corrected chi connectivity index (χ0v) is 14.8. The van der Waals surface area contributed by atoms with Crippen molar-refractivity contribution in [3.8, 4) is 5.75 Å². The smallest absolute Gasteiger partial charge is 0.220 e. The van der Waals surface area contributed by atoms with Gasteiger partial charge in [-0.1, -0.05) is 36.4 Å². The third kappa shape index (κ3) is 5.17. The van der Waals surface area contributed by atoms with Gasteiger partial charge in [0.05, 0.1) is 13.7 Å². The van der Waals surface area contributed by atoms with Crippen LogP contribution in [0.25, 0.3) is 0 Å². The van der Waals surface area contributed by atoms with Crippen LogP contribution in [0, 0.1) is 0 Å². The number of carbonyl (C=O) groups excluding carboxylic acids is 1. The van der Waals surface area contributed by atoms with Gasteiger partial charge in [0, 0.05) is 13.0 Å². The molecule has 26 heavy (non-hydrogen) atoms. The fourth-order valence-corrected chi connectivity index (χ4v) is 2.71. The van der Waals surface area contributed by atoms with Gasteiger partial charge < -0.3 is 10.1 Å². The Kier molecular flexibility index (Phi) is 5.98. The molecule has 0 saturated carbocycles. The van der Waals surface area contributed by atoms with E-state index >= 15 is 0 Å². The van der Waals surface area contributed by atoms with Crippen molar-refractivity contribution in [2.75, 3.05) is 7.11 Å². The van der Waals surface area contributed by atoms with Gasteiger partial charge in [-0.3, -0.25) is 4.79 Å². The molecule has 3 aromatic rings. The predicted octanol–water partition coefficient (Wildman–Crippen LogP) is 2.58. The summed E-state index contributed by atoms with van der Waals surface area (Å²) in [6, 6.07) is 15.9. The summed E-state index contributed by atoms with van der Waals surface area (Å²) in [6.45, 7) is 1.18. The number of rotatable bonds is 8. The Hall–Kier alpha value is -3.15. The van der Waals surface area contributed by atoms with Crippen molar-refractivity contribution in [3.05, 3.63) is 77.9 Å². The molecule has 0 radical (unpaired) electrons. The summed E-state index contributed by atoms with van der Waals surface area (Å²) in [5.41, 5.74) is 3.28. The molecule has 1 amide bonds. The number of hydrogen-bond acceptors (Lipinski definition) is 4. The van der Waals surface area contributed by atoms with Crippen molar-refractivity contribution >= 4 is 5.91 Å². The van der Waals surface area contributed by atoms with Crippen LogP contribution in [0.15, 0.2) is 61.2 Å². The van der Waals surface area contributed by atoms with Crippen molar-refractivity contribution in [1.29, 1.82) is 0 Å². The molecule has 2 aromatic carbocycles. The van der Waals surface area contributed by atoms with Crippen molar-refractivity contribution < 1.29 is 9.53 Å². The molecule has 0 unspecified atom stereocenters. The number of ether oxygens (including phenoxy) is 1. The monoisotopic (exact) mass is 350 g/mol.